The Bertz CT molecular complexity index is 585. The molecule has 0 bridgehead atoms. The predicted molar refractivity (Wildman–Crippen MR) is 87.2 cm³/mol. The highest BCUT2D eigenvalue weighted by Crippen LogP contribution is 2.37. The Labute approximate surface area is 130 Å². The number of aryl methyl sites for hydroxylation is 1. The normalized spacial score (nSPS) is 17.5. The van der Waals surface area contributed by atoms with Gasteiger partial charge in [-0.2, -0.15) is 0 Å². The van der Waals surface area contributed by atoms with Gasteiger partial charge in [0.1, 0.15) is 5.82 Å². The van der Waals surface area contributed by atoms with Crippen molar-refractivity contribution in [3.8, 4) is 0 Å². The summed E-state index contributed by atoms with van der Waals surface area (Å²) in [7, 11) is 0. The van der Waals surface area contributed by atoms with E-state index in [-0.39, 0.29) is 5.82 Å². The monoisotopic (exact) mass is 301 g/mol. The largest absolute Gasteiger partial charge is 0.310 e. The standard InChI is InChI=1S/C18H20FNS/c19-16-10-4-9-15-17(11-13-21-18(15)16)20-12-5-8-14-6-2-1-3-7-14/h1-4,6-7,9-10,17,20H,5,8,11-13H2. The van der Waals surface area contributed by atoms with Crippen LogP contribution in [0.15, 0.2) is 53.4 Å². The highest BCUT2D eigenvalue weighted by Gasteiger charge is 2.22. The van der Waals surface area contributed by atoms with E-state index in [2.05, 4.69) is 35.6 Å². The summed E-state index contributed by atoms with van der Waals surface area (Å²) in [6.07, 6.45) is 3.27. The van der Waals surface area contributed by atoms with E-state index in [4.69, 9.17) is 0 Å². The molecule has 0 saturated heterocycles. The van der Waals surface area contributed by atoms with Crippen LogP contribution in [0.2, 0.25) is 0 Å². The molecule has 1 unspecified atom stereocenters. The molecule has 1 aliphatic rings. The van der Waals surface area contributed by atoms with Crippen molar-refractivity contribution in [2.45, 2.75) is 30.2 Å². The zero-order valence-corrected chi connectivity index (χ0v) is 12.8. The Balaban J connectivity index is 1.54. The molecule has 0 aliphatic carbocycles. The average molecular weight is 301 g/mol. The second-order valence-corrected chi connectivity index (χ2v) is 6.50. The van der Waals surface area contributed by atoms with Gasteiger partial charge in [-0.3, -0.25) is 0 Å². The molecule has 0 fully saturated rings. The van der Waals surface area contributed by atoms with Gasteiger partial charge in [-0.1, -0.05) is 42.5 Å². The van der Waals surface area contributed by atoms with Crippen molar-refractivity contribution in [3.05, 3.63) is 65.5 Å². The molecule has 110 valence electrons. The predicted octanol–water partition coefficient (Wildman–Crippen LogP) is 4.59. The van der Waals surface area contributed by atoms with E-state index in [1.807, 2.05) is 12.1 Å². The molecule has 3 rings (SSSR count). The van der Waals surface area contributed by atoms with E-state index in [9.17, 15) is 4.39 Å². The molecule has 1 atom stereocenters. The first kappa shape index (κ1) is 14.6. The van der Waals surface area contributed by atoms with E-state index in [0.717, 1.165) is 42.0 Å². The van der Waals surface area contributed by atoms with Gasteiger partial charge in [0.2, 0.25) is 0 Å². The van der Waals surface area contributed by atoms with Crippen LogP contribution in [0, 0.1) is 5.82 Å². The number of fused-ring (bicyclic) bond motifs is 1. The summed E-state index contributed by atoms with van der Waals surface area (Å²) in [5, 5.41) is 3.60. The van der Waals surface area contributed by atoms with Gasteiger partial charge in [0.15, 0.2) is 0 Å². The van der Waals surface area contributed by atoms with E-state index in [1.54, 1.807) is 17.8 Å². The molecular formula is C18H20FNS. The summed E-state index contributed by atoms with van der Waals surface area (Å²) in [6.45, 7) is 0.972. The van der Waals surface area contributed by atoms with Crippen molar-refractivity contribution < 1.29 is 4.39 Å². The molecule has 1 heterocycles. The molecule has 3 heteroatoms. The van der Waals surface area contributed by atoms with Crippen LogP contribution in [0.5, 0.6) is 0 Å². The molecule has 21 heavy (non-hydrogen) atoms. The van der Waals surface area contributed by atoms with Crippen molar-refractivity contribution in [1.82, 2.24) is 5.32 Å². The summed E-state index contributed by atoms with van der Waals surface area (Å²) in [5.41, 5.74) is 2.51. The minimum absolute atomic E-state index is 0.0757. The quantitative estimate of drug-likeness (QED) is 0.811. The number of hydrogen-bond acceptors (Lipinski definition) is 2. The second-order valence-electron chi connectivity index (χ2n) is 5.39. The lowest BCUT2D eigenvalue weighted by molar-refractivity contribution is 0.491. The van der Waals surface area contributed by atoms with Crippen molar-refractivity contribution in [1.29, 1.82) is 0 Å². The van der Waals surface area contributed by atoms with Crippen LogP contribution >= 0.6 is 11.8 Å². The average Bonchev–Trinajstić information content (AvgIpc) is 2.53. The van der Waals surface area contributed by atoms with Crippen LogP contribution in [0.1, 0.15) is 30.0 Å². The molecule has 0 saturated carbocycles. The zero-order chi connectivity index (χ0) is 14.5. The fraction of sp³-hybridized carbons (Fsp3) is 0.333. The van der Waals surface area contributed by atoms with E-state index < -0.39 is 0 Å². The lowest BCUT2D eigenvalue weighted by atomic mass is 10.0. The summed E-state index contributed by atoms with van der Waals surface area (Å²) in [5.74, 6) is 0.915. The maximum Gasteiger partial charge on any atom is 0.137 e. The first-order chi connectivity index (χ1) is 10.3. The number of thioether (sulfide) groups is 1. The number of nitrogens with one attached hydrogen (secondary N) is 1. The van der Waals surface area contributed by atoms with Crippen LogP contribution in [0.25, 0.3) is 0 Å². The van der Waals surface area contributed by atoms with Gasteiger partial charge < -0.3 is 5.32 Å². The Kier molecular flexibility index (Phi) is 4.94. The van der Waals surface area contributed by atoms with Gasteiger partial charge in [0.05, 0.1) is 0 Å². The molecular weight excluding hydrogens is 281 g/mol. The second kappa shape index (κ2) is 7.10. The van der Waals surface area contributed by atoms with Crippen molar-refractivity contribution in [2.24, 2.45) is 0 Å². The summed E-state index contributed by atoms with van der Waals surface area (Å²) in [6, 6.07) is 16.3. The number of hydrogen-bond donors (Lipinski definition) is 1. The highest BCUT2D eigenvalue weighted by molar-refractivity contribution is 7.99. The Morgan fingerprint density at radius 1 is 1.10 bits per heavy atom. The van der Waals surface area contributed by atoms with Gasteiger partial charge >= 0.3 is 0 Å². The lowest BCUT2D eigenvalue weighted by Gasteiger charge is -2.26. The number of rotatable bonds is 5. The molecule has 0 aromatic heterocycles. The highest BCUT2D eigenvalue weighted by atomic mass is 32.2. The van der Waals surface area contributed by atoms with Crippen molar-refractivity contribution in [2.75, 3.05) is 12.3 Å². The molecule has 0 radical (unpaired) electrons. The van der Waals surface area contributed by atoms with Crippen LogP contribution < -0.4 is 5.32 Å². The van der Waals surface area contributed by atoms with Gasteiger partial charge in [-0.05, 0) is 48.8 Å². The number of benzene rings is 2. The SMILES string of the molecule is Fc1cccc2c1SCCC2NCCCc1ccccc1. The summed E-state index contributed by atoms with van der Waals surface area (Å²) in [4.78, 5) is 0.837. The van der Waals surface area contributed by atoms with Crippen LogP contribution in [-0.4, -0.2) is 12.3 Å². The Morgan fingerprint density at radius 2 is 1.95 bits per heavy atom. The van der Waals surface area contributed by atoms with Crippen molar-refractivity contribution >= 4 is 11.8 Å². The minimum Gasteiger partial charge on any atom is -0.310 e. The maximum absolute atomic E-state index is 13.8. The first-order valence-electron chi connectivity index (χ1n) is 7.53. The van der Waals surface area contributed by atoms with Gasteiger partial charge in [-0.25, -0.2) is 4.39 Å². The first-order valence-corrected chi connectivity index (χ1v) is 8.51. The van der Waals surface area contributed by atoms with Crippen LogP contribution in [0.3, 0.4) is 0 Å². The van der Waals surface area contributed by atoms with E-state index in [1.165, 1.54) is 5.56 Å². The summed E-state index contributed by atoms with van der Waals surface area (Å²) >= 11 is 1.64. The van der Waals surface area contributed by atoms with Gasteiger partial charge in [-0.15, -0.1) is 11.8 Å². The Hall–Kier alpha value is -1.32. The van der Waals surface area contributed by atoms with E-state index >= 15 is 0 Å². The van der Waals surface area contributed by atoms with Gasteiger partial charge in [0, 0.05) is 10.9 Å². The van der Waals surface area contributed by atoms with E-state index in [0.29, 0.717) is 6.04 Å². The maximum atomic E-state index is 13.8. The molecule has 1 nitrogen and oxygen atoms in total. The molecule has 0 spiro atoms. The van der Waals surface area contributed by atoms with Crippen LogP contribution in [0.4, 0.5) is 4.39 Å². The van der Waals surface area contributed by atoms with Gasteiger partial charge in [0.25, 0.3) is 0 Å². The topological polar surface area (TPSA) is 12.0 Å². The number of halogens is 1. The Morgan fingerprint density at radius 3 is 2.81 bits per heavy atom. The molecule has 1 aliphatic heterocycles. The smallest absolute Gasteiger partial charge is 0.137 e. The third-order valence-corrected chi connectivity index (χ3v) is 5.06. The third kappa shape index (κ3) is 3.66. The third-order valence-electron chi connectivity index (χ3n) is 3.90. The molecule has 1 N–H and O–H groups in total. The molecule has 2 aromatic rings. The van der Waals surface area contributed by atoms with Crippen LogP contribution in [-0.2, 0) is 6.42 Å². The van der Waals surface area contributed by atoms with Crippen molar-refractivity contribution in [3.63, 3.8) is 0 Å². The molecule has 0 amide bonds. The zero-order valence-electron chi connectivity index (χ0n) is 12.0. The summed E-state index contributed by atoms with van der Waals surface area (Å²) < 4.78 is 13.8. The molecule has 2 aromatic carbocycles. The minimum atomic E-state index is -0.0757. The lowest BCUT2D eigenvalue weighted by Crippen LogP contribution is -2.26. The fourth-order valence-corrected chi connectivity index (χ4v) is 3.95. The fourth-order valence-electron chi connectivity index (χ4n) is 2.81.